The lowest BCUT2D eigenvalue weighted by molar-refractivity contribution is 0.0969. The largest absolute Gasteiger partial charge is 0.489 e. The zero-order valence-electron chi connectivity index (χ0n) is 10.8. The molecule has 104 valence electrons. The maximum absolute atomic E-state index is 11.1. The smallest absolute Gasteiger partial charge is 0.248 e. The molecule has 0 heterocycles. The number of primary amides is 1. The number of ether oxygens (including phenoxy) is 1. The maximum Gasteiger partial charge on any atom is 0.248 e. The van der Waals surface area contributed by atoms with E-state index >= 15 is 0 Å². The molecular weight excluding hydrogens is 264 g/mol. The quantitative estimate of drug-likeness (QED) is 0.890. The highest BCUT2D eigenvalue weighted by atomic mass is 35.5. The zero-order valence-corrected chi connectivity index (χ0v) is 11.5. The SMILES string of the molecule is NCC1CCCCC1Oc1ccc(C(N)=O)cc1Cl. The van der Waals surface area contributed by atoms with Crippen LogP contribution in [-0.2, 0) is 0 Å². The third-order valence-electron chi connectivity index (χ3n) is 3.64. The number of hydrogen-bond acceptors (Lipinski definition) is 3. The number of halogens is 1. The van der Waals surface area contributed by atoms with Crippen LogP contribution in [0, 0.1) is 5.92 Å². The van der Waals surface area contributed by atoms with Gasteiger partial charge in [-0.2, -0.15) is 0 Å². The Kier molecular flexibility index (Phi) is 4.66. The second kappa shape index (κ2) is 6.26. The number of nitrogens with two attached hydrogens (primary N) is 2. The van der Waals surface area contributed by atoms with Gasteiger partial charge in [-0.3, -0.25) is 4.79 Å². The highest BCUT2D eigenvalue weighted by Crippen LogP contribution is 2.32. The van der Waals surface area contributed by atoms with Crippen LogP contribution in [0.4, 0.5) is 0 Å². The third kappa shape index (κ3) is 3.39. The Morgan fingerprint density at radius 1 is 1.37 bits per heavy atom. The third-order valence-corrected chi connectivity index (χ3v) is 3.93. The first-order valence-corrected chi connectivity index (χ1v) is 6.95. The van der Waals surface area contributed by atoms with E-state index in [4.69, 9.17) is 27.8 Å². The summed E-state index contributed by atoms with van der Waals surface area (Å²) in [4.78, 5) is 11.1. The summed E-state index contributed by atoms with van der Waals surface area (Å²) in [7, 11) is 0. The van der Waals surface area contributed by atoms with E-state index in [1.165, 1.54) is 6.42 Å². The molecule has 1 aliphatic carbocycles. The fourth-order valence-corrected chi connectivity index (χ4v) is 2.74. The van der Waals surface area contributed by atoms with Crippen LogP contribution in [0.3, 0.4) is 0 Å². The van der Waals surface area contributed by atoms with Crippen molar-refractivity contribution in [2.45, 2.75) is 31.8 Å². The fourth-order valence-electron chi connectivity index (χ4n) is 2.51. The second-order valence-electron chi connectivity index (χ2n) is 4.95. The monoisotopic (exact) mass is 282 g/mol. The Morgan fingerprint density at radius 3 is 2.74 bits per heavy atom. The molecule has 2 rings (SSSR count). The number of carbonyl (C=O) groups is 1. The minimum absolute atomic E-state index is 0.107. The van der Waals surface area contributed by atoms with Gasteiger partial charge >= 0.3 is 0 Å². The average molecular weight is 283 g/mol. The number of benzene rings is 1. The van der Waals surface area contributed by atoms with Crippen LogP contribution in [0.15, 0.2) is 18.2 Å². The van der Waals surface area contributed by atoms with Crippen LogP contribution in [0.2, 0.25) is 5.02 Å². The Balaban J connectivity index is 2.11. The first-order valence-electron chi connectivity index (χ1n) is 6.58. The molecule has 1 saturated carbocycles. The van der Waals surface area contributed by atoms with Gasteiger partial charge in [0.25, 0.3) is 0 Å². The van der Waals surface area contributed by atoms with Gasteiger partial charge in [-0.1, -0.05) is 18.0 Å². The minimum atomic E-state index is -0.494. The summed E-state index contributed by atoms with van der Waals surface area (Å²) in [6.45, 7) is 0.627. The van der Waals surface area contributed by atoms with Crippen molar-refractivity contribution in [1.82, 2.24) is 0 Å². The van der Waals surface area contributed by atoms with Crippen molar-refractivity contribution in [2.24, 2.45) is 17.4 Å². The Morgan fingerprint density at radius 2 is 2.11 bits per heavy atom. The Bertz CT molecular complexity index is 465. The first kappa shape index (κ1) is 14.2. The predicted molar refractivity (Wildman–Crippen MR) is 75.4 cm³/mol. The van der Waals surface area contributed by atoms with Crippen LogP contribution >= 0.6 is 11.6 Å². The normalized spacial score (nSPS) is 23.1. The molecular formula is C14H19ClN2O2. The van der Waals surface area contributed by atoms with Gasteiger partial charge < -0.3 is 16.2 Å². The average Bonchev–Trinajstić information content (AvgIpc) is 2.41. The molecule has 0 saturated heterocycles. The maximum atomic E-state index is 11.1. The molecule has 2 atom stereocenters. The van der Waals surface area contributed by atoms with Gasteiger partial charge in [0.05, 0.1) is 5.02 Å². The molecule has 4 nitrogen and oxygen atoms in total. The molecule has 1 aliphatic rings. The van der Waals surface area contributed by atoms with Gasteiger partial charge in [0, 0.05) is 11.5 Å². The van der Waals surface area contributed by atoms with E-state index in [2.05, 4.69) is 0 Å². The predicted octanol–water partition coefficient (Wildman–Crippen LogP) is 2.34. The van der Waals surface area contributed by atoms with Gasteiger partial charge in [0.2, 0.25) is 5.91 Å². The molecule has 5 heteroatoms. The highest BCUT2D eigenvalue weighted by molar-refractivity contribution is 6.32. The highest BCUT2D eigenvalue weighted by Gasteiger charge is 2.26. The summed E-state index contributed by atoms with van der Waals surface area (Å²) in [6, 6.07) is 4.87. The number of amides is 1. The molecule has 1 aromatic carbocycles. The summed E-state index contributed by atoms with van der Waals surface area (Å²) >= 11 is 6.12. The van der Waals surface area contributed by atoms with Crippen molar-refractivity contribution in [1.29, 1.82) is 0 Å². The van der Waals surface area contributed by atoms with Crippen LogP contribution in [-0.4, -0.2) is 18.6 Å². The first-order chi connectivity index (χ1) is 9.11. The van der Waals surface area contributed by atoms with E-state index < -0.39 is 5.91 Å². The molecule has 0 aliphatic heterocycles. The van der Waals surface area contributed by atoms with Crippen LogP contribution < -0.4 is 16.2 Å². The molecule has 19 heavy (non-hydrogen) atoms. The van der Waals surface area contributed by atoms with Gasteiger partial charge in [-0.05, 0) is 44.0 Å². The van der Waals surface area contributed by atoms with Crippen LogP contribution in [0.5, 0.6) is 5.75 Å². The number of rotatable bonds is 4. The minimum Gasteiger partial charge on any atom is -0.489 e. The van der Waals surface area contributed by atoms with Gasteiger partial charge in [-0.15, -0.1) is 0 Å². The van der Waals surface area contributed by atoms with E-state index in [0.717, 1.165) is 19.3 Å². The van der Waals surface area contributed by atoms with Crippen LogP contribution in [0.25, 0.3) is 0 Å². The number of carbonyl (C=O) groups excluding carboxylic acids is 1. The molecule has 1 amide bonds. The molecule has 0 radical (unpaired) electrons. The van der Waals surface area contributed by atoms with Gasteiger partial charge in [-0.25, -0.2) is 0 Å². The Hall–Kier alpha value is -1.26. The van der Waals surface area contributed by atoms with Crippen molar-refractivity contribution < 1.29 is 9.53 Å². The Labute approximate surface area is 118 Å². The summed E-state index contributed by atoms with van der Waals surface area (Å²) in [5, 5.41) is 0.414. The van der Waals surface area contributed by atoms with E-state index in [-0.39, 0.29) is 6.10 Å². The molecule has 4 N–H and O–H groups in total. The van der Waals surface area contributed by atoms with E-state index in [0.29, 0.717) is 28.8 Å². The lowest BCUT2D eigenvalue weighted by Gasteiger charge is -2.31. The second-order valence-corrected chi connectivity index (χ2v) is 5.35. The number of hydrogen-bond donors (Lipinski definition) is 2. The molecule has 0 spiro atoms. The fraction of sp³-hybridized carbons (Fsp3) is 0.500. The summed E-state index contributed by atoms with van der Waals surface area (Å²) < 4.78 is 5.96. The standard InChI is InChI=1S/C14H19ClN2O2/c15-11-7-9(14(17)18)5-6-13(11)19-12-4-2-1-3-10(12)8-16/h5-7,10,12H,1-4,8,16H2,(H2,17,18). The molecule has 2 unspecified atom stereocenters. The van der Waals surface area contributed by atoms with Crippen LogP contribution in [0.1, 0.15) is 36.0 Å². The summed E-state index contributed by atoms with van der Waals surface area (Å²) in [5.41, 5.74) is 11.4. The van der Waals surface area contributed by atoms with Crippen molar-refractivity contribution in [2.75, 3.05) is 6.54 Å². The van der Waals surface area contributed by atoms with E-state index in [1.807, 2.05) is 0 Å². The summed E-state index contributed by atoms with van der Waals surface area (Å²) in [6.07, 6.45) is 4.55. The topological polar surface area (TPSA) is 78.3 Å². The summed E-state index contributed by atoms with van der Waals surface area (Å²) in [5.74, 6) is 0.476. The molecule has 1 fully saturated rings. The van der Waals surface area contributed by atoms with Gasteiger partial charge in [0.1, 0.15) is 11.9 Å². The molecule has 0 aromatic heterocycles. The van der Waals surface area contributed by atoms with Crippen molar-refractivity contribution in [3.63, 3.8) is 0 Å². The van der Waals surface area contributed by atoms with E-state index in [1.54, 1.807) is 18.2 Å². The van der Waals surface area contributed by atoms with E-state index in [9.17, 15) is 4.79 Å². The lowest BCUT2D eigenvalue weighted by Crippen LogP contribution is -2.35. The van der Waals surface area contributed by atoms with Gasteiger partial charge in [0.15, 0.2) is 0 Å². The molecule has 1 aromatic rings. The van der Waals surface area contributed by atoms with Crippen molar-refractivity contribution in [3.8, 4) is 5.75 Å². The van der Waals surface area contributed by atoms with Crippen molar-refractivity contribution >= 4 is 17.5 Å². The van der Waals surface area contributed by atoms with Crippen molar-refractivity contribution in [3.05, 3.63) is 28.8 Å². The zero-order chi connectivity index (χ0) is 13.8. The molecule has 0 bridgehead atoms. The lowest BCUT2D eigenvalue weighted by atomic mass is 9.86.